The molecule has 0 radical (unpaired) electrons. The molecule has 2 rings (SSSR count). The summed E-state index contributed by atoms with van der Waals surface area (Å²) >= 11 is 0. The topological polar surface area (TPSA) is 45.7 Å². The van der Waals surface area contributed by atoms with E-state index in [1.54, 1.807) is 12.1 Å². The van der Waals surface area contributed by atoms with Gasteiger partial charge < -0.3 is 9.64 Å². The van der Waals surface area contributed by atoms with E-state index in [2.05, 4.69) is 4.98 Å². The van der Waals surface area contributed by atoms with E-state index in [4.69, 9.17) is 4.74 Å². The molecule has 0 unspecified atom stereocenters. The number of carbonyl (C=O) groups is 1. The third-order valence-corrected chi connectivity index (χ3v) is 3.26. The van der Waals surface area contributed by atoms with Crippen LogP contribution in [0.3, 0.4) is 0 Å². The molecule has 1 fully saturated rings. The van der Waals surface area contributed by atoms with Gasteiger partial charge in [0.1, 0.15) is 5.56 Å². The fourth-order valence-electron chi connectivity index (χ4n) is 2.25. The number of hydrogen-bond acceptors (Lipinski definition) is 4. The minimum absolute atomic E-state index is 0.202. The Hall–Kier alpha value is -1.83. The highest BCUT2D eigenvalue weighted by Gasteiger charge is 2.33. The summed E-state index contributed by atoms with van der Waals surface area (Å²) < 4.78 is 42.0. The molecule has 0 N–H and O–H groups in total. The lowest BCUT2D eigenvalue weighted by Gasteiger charge is -2.35. The first-order valence-corrected chi connectivity index (χ1v) is 6.48. The molecule has 1 aromatic heterocycles. The van der Waals surface area contributed by atoms with Gasteiger partial charge in [-0.05, 0) is 12.1 Å². The number of rotatable bonds is 3. The van der Waals surface area contributed by atoms with Crippen molar-refractivity contribution in [2.24, 2.45) is 0 Å². The van der Waals surface area contributed by atoms with Gasteiger partial charge >= 0.3 is 6.18 Å². The summed E-state index contributed by atoms with van der Waals surface area (Å²) in [5.74, 6) is -0.0492. The molecule has 0 saturated carbocycles. The van der Waals surface area contributed by atoms with Gasteiger partial charge in [0.05, 0.1) is 13.7 Å². The van der Waals surface area contributed by atoms with E-state index < -0.39 is 12.7 Å². The summed E-state index contributed by atoms with van der Waals surface area (Å²) in [5.41, 5.74) is 0.323. The number of alkyl halides is 3. The number of piperazine rings is 1. The Labute approximate surface area is 120 Å². The van der Waals surface area contributed by atoms with Crippen LogP contribution in [0.25, 0.3) is 0 Å². The second-order valence-corrected chi connectivity index (χ2v) is 4.74. The predicted octanol–water partition coefficient (Wildman–Crippen LogP) is 1.41. The molecule has 1 aliphatic rings. The summed E-state index contributed by atoms with van der Waals surface area (Å²) in [7, 11) is 1.42. The van der Waals surface area contributed by atoms with E-state index in [0.717, 1.165) is 0 Å². The summed E-state index contributed by atoms with van der Waals surface area (Å²) in [6.45, 7) is -0.0210. The Balaban J connectivity index is 1.97. The second-order valence-electron chi connectivity index (χ2n) is 4.74. The SMILES string of the molecule is COc1ncccc1C(=O)N1CCN(CC(F)(F)F)CC1. The molecular weight excluding hydrogens is 287 g/mol. The Kier molecular flexibility index (Phi) is 4.66. The molecule has 0 aromatic carbocycles. The molecule has 0 bridgehead atoms. The van der Waals surface area contributed by atoms with E-state index in [9.17, 15) is 18.0 Å². The molecule has 0 spiro atoms. The van der Waals surface area contributed by atoms with Crippen LogP contribution in [0, 0.1) is 0 Å². The molecule has 0 atom stereocenters. The third kappa shape index (κ3) is 4.07. The number of ether oxygens (including phenoxy) is 1. The van der Waals surface area contributed by atoms with Gasteiger partial charge in [0, 0.05) is 32.4 Å². The van der Waals surface area contributed by atoms with Crippen LogP contribution < -0.4 is 4.74 Å². The number of carbonyl (C=O) groups excluding carboxylic acids is 1. The average Bonchev–Trinajstić information content (AvgIpc) is 2.45. The van der Waals surface area contributed by atoms with Crippen molar-refractivity contribution in [1.82, 2.24) is 14.8 Å². The summed E-state index contributed by atoms with van der Waals surface area (Å²) in [6.07, 6.45) is -2.70. The van der Waals surface area contributed by atoms with Crippen LogP contribution >= 0.6 is 0 Å². The van der Waals surface area contributed by atoms with Crippen molar-refractivity contribution in [3.8, 4) is 5.88 Å². The largest absolute Gasteiger partial charge is 0.480 e. The summed E-state index contributed by atoms with van der Waals surface area (Å²) in [6, 6.07) is 3.21. The number of amides is 1. The van der Waals surface area contributed by atoms with Crippen LogP contribution in [0.4, 0.5) is 13.2 Å². The number of halogens is 3. The predicted molar refractivity (Wildman–Crippen MR) is 69.2 cm³/mol. The molecule has 1 saturated heterocycles. The van der Waals surface area contributed by atoms with Crippen molar-refractivity contribution in [2.75, 3.05) is 39.8 Å². The maximum atomic E-state index is 12.3. The molecule has 1 aromatic rings. The number of methoxy groups -OCH3 is 1. The number of hydrogen-bond donors (Lipinski definition) is 0. The molecule has 0 aliphatic carbocycles. The van der Waals surface area contributed by atoms with Crippen molar-refractivity contribution >= 4 is 5.91 Å². The minimum Gasteiger partial charge on any atom is -0.480 e. The van der Waals surface area contributed by atoms with E-state index in [1.165, 1.54) is 23.1 Å². The molecule has 116 valence electrons. The van der Waals surface area contributed by atoms with Gasteiger partial charge in [0.15, 0.2) is 0 Å². The highest BCUT2D eigenvalue weighted by Crippen LogP contribution is 2.20. The number of nitrogens with zero attached hydrogens (tertiary/aromatic N) is 3. The van der Waals surface area contributed by atoms with Crippen molar-refractivity contribution in [3.05, 3.63) is 23.9 Å². The Bertz CT molecular complexity index is 500. The smallest absolute Gasteiger partial charge is 0.401 e. The van der Waals surface area contributed by atoms with Crippen molar-refractivity contribution in [1.29, 1.82) is 0 Å². The van der Waals surface area contributed by atoms with Gasteiger partial charge in [-0.15, -0.1) is 0 Å². The first-order valence-electron chi connectivity index (χ1n) is 6.48. The Morgan fingerprint density at radius 2 is 2.00 bits per heavy atom. The fraction of sp³-hybridized carbons (Fsp3) is 0.538. The normalized spacial score (nSPS) is 16.9. The van der Waals surface area contributed by atoms with Gasteiger partial charge in [-0.1, -0.05) is 0 Å². The van der Waals surface area contributed by atoms with Crippen molar-refractivity contribution in [2.45, 2.75) is 6.18 Å². The quantitative estimate of drug-likeness (QED) is 0.847. The zero-order valence-corrected chi connectivity index (χ0v) is 11.6. The van der Waals surface area contributed by atoms with Crippen LogP contribution in [-0.2, 0) is 0 Å². The highest BCUT2D eigenvalue weighted by molar-refractivity contribution is 5.96. The number of aromatic nitrogens is 1. The Morgan fingerprint density at radius 1 is 1.33 bits per heavy atom. The highest BCUT2D eigenvalue weighted by atomic mass is 19.4. The lowest BCUT2D eigenvalue weighted by molar-refractivity contribution is -0.148. The third-order valence-electron chi connectivity index (χ3n) is 3.26. The van der Waals surface area contributed by atoms with Crippen LogP contribution in [0.15, 0.2) is 18.3 Å². The maximum Gasteiger partial charge on any atom is 0.401 e. The van der Waals surface area contributed by atoms with Crippen molar-refractivity contribution < 1.29 is 22.7 Å². The van der Waals surface area contributed by atoms with Gasteiger partial charge in [0.2, 0.25) is 5.88 Å². The molecule has 5 nitrogen and oxygen atoms in total. The molecule has 8 heteroatoms. The van der Waals surface area contributed by atoms with Gasteiger partial charge in [-0.2, -0.15) is 13.2 Å². The summed E-state index contributed by atoms with van der Waals surface area (Å²) in [4.78, 5) is 19.1. The first-order chi connectivity index (χ1) is 9.90. The molecule has 2 heterocycles. The lowest BCUT2D eigenvalue weighted by atomic mass is 10.2. The van der Waals surface area contributed by atoms with E-state index >= 15 is 0 Å². The van der Waals surface area contributed by atoms with E-state index in [0.29, 0.717) is 5.56 Å². The lowest BCUT2D eigenvalue weighted by Crippen LogP contribution is -2.51. The van der Waals surface area contributed by atoms with Crippen molar-refractivity contribution in [3.63, 3.8) is 0 Å². The Morgan fingerprint density at radius 3 is 2.57 bits per heavy atom. The average molecular weight is 303 g/mol. The van der Waals surface area contributed by atoms with Crippen LogP contribution in [-0.4, -0.2) is 66.7 Å². The zero-order valence-electron chi connectivity index (χ0n) is 11.6. The van der Waals surface area contributed by atoms with Crippen LogP contribution in [0.1, 0.15) is 10.4 Å². The summed E-state index contributed by atoms with van der Waals surface area (Å²) in [5, 5.41) is 0. The molecular formula is C13H16F3N3O2. The molecule has 1 amide bonds. The maximum absolute atomic E-state index is 12.3. The monoisotopic (exact) mass is 303 g/mol. The molecule has 1 aliphatic heterocycles. The fourth-order valence-corrected chi connectivity index (χ4v) is 2.25. The standard InChI is InChI=1S/C13H16F3N3O2/c1-21-11-10(3-2-4-17-11)12(20)19-7-5-18(6-8-19)9-13(14,15)16/h2-4H,5-9H2,1H3. The zero-order chi connectivity index (χ0) is 15.5. The van der Waals surface area contributed by atoms with Gasteiger partial charge in [-0.25, -0.2) is 4.98 Å². The second kappa shape index (κ2) is 6.30. The minimum atomic E-state index is -4.21. The van der Waals surface area contributed by atoms with E-state index in [1.807, 2.05) is 0 Å². The van der Waals surface area contributed by atoms with Crippen LogP contribution in [0.5, 0.6) is 5.88 Å². The van der Waals surface area contributed by atoms with E-state index in [-0.39, 0.29) is 38.0 Å². The van der Waals surface area contributed by atoms with Gasteiger partial charge in [-0.3, -0.25) is 9.69 Å². The molecule has 21 heavy (non-hydrogen) atoms. The van der Waals surface area contributed by atoms with Gasteiger partial charge in [0.25, 0.3) is 5.91 Å². The van der Waals surface area contributed by atoms with Crippen LogP contribution in [0.2, 0.25) is 0 Å². The first kappa shape index (κ1) is 15.6. The number of pyridine rings is 1.